The Morgan fingerprint density at radius 1 is 1.30 bits per heavy atom. The Balaban J connectivity index is 1.71. The lowest BCUT2D eigenvalue weighted by Gasteiger charge is -2.35. The Hall–Kier alpha value is -2.24. The van der Waals surface area contributed by atoms with E-state index in [1.807, 2.05) is 6.07 Å². The van der Waals surface area contributed by atoms with Crippen molar-refractivity contribution in [1.29, 1.82) is 0 Å². The SMILES string of the molecule is CCC1CCCCN1c1cnnc(NCc2ccccc2F)n1. The molecule has 2 aromatic rings. The van der Waals surface area contributed by atoms with Crippen molar-refractivity contribution < 1.29 is 4.39 Å². The van der Waals surface area contributed by atoms with Gasteiger partial charge < -0.3 is 10.2 Å². The summed E-state index contributed by atoms with van der Waals surface area (Å²) in [5.74, 6) is 1.06. The molecule has 1 N–H and O–H groups in total. The van der Waals surface area contributed by atoms with Crippen LogP contribution in [0.2, 0.25) is 0 Å². The highest BCUT2D eigenvalue weighted by Gasteiger charge is 2.22. The molecule has 6 heteroatoms. The zero-order valence-corrected chi connectivity index (χ0v) is 13.4. The van der Waals surface area contributed by atoms with Gasteiger partial charge in [0, 0.05) is 24.7 Å². The second kappa shape index (κ2) is 7.35. The van der Waals surface area contributed by atoms with Gasteiger partial charge in [0.05, 0.1) is 6.20 Å². The molecule has 1 aromatic heterocycles. The topological polar surface area (TPSA) is 53.9 Å². The maximum absolute atomic E-state index is 13.7. The number of aromatic nitrogens is 3. The molecule has 1 aromatic carbocycles. The van der Waals surface area contributed by atoms with Gasteiger partial charge in [0.1, 0.15) is 5.82 Å². The summed E-state index contributed by atoms with van der Waals surface area (Å²) in [5.41, 5.74) is 0.589. The van der Waals surface area contributed by atoms with Crippen molar-refractivity contribution in [3.63, 3.8) is 0 Å². The van der Waals surface area contributed by atoms with E-state index in [1.165, 1.54) is 25.3 Å². The van der Waals surface area contributed by atoms with Gasteiger partial charge in [0.2, 0.25) is 5.95 Å². The summed E-state index contributed by atoms with van der Waals surface area (Å²) in [6, 6.07) is 7.21. The predicted molar refractivity (Wildman–Crippen MR) is 88.8 cm³/mol. The van der Waals surface area contributed by atoms with Gasteiger partial charge in [-0.2, -0.15) is 10.1 Å². The second-order valence-electron chi connectivity index (χ2n) is 5.83. The lowest BCUT2D eigenvalue weighted by Crippen LogP contribution is -2.39. The van der Waals surface area contributed by atoms with Crippen molar-refractivity contribution in [2.24, 2.45) is 0 Å². The third-order valence-corrected chi connectivity index (χ3v) is 4.33. The van der Waals surface area contributed by atoms with Gasteiger partial charge in [-0.15, -0.1) is 5.10 Å². The maximum atomic E-state index is 13.7. The van der Waals surface area contributed by atoms with E-state index < -0.39 is 0 Å². The molecular weight excluding hydrogens is 293 g/mol. The summed E-state index contributed by atoms with van der Waals surface area (Å²) < 4.78 is 13.7. The van der Waals surface area contributed by atoms with Crippen molar-refractivity contribution in [1.82, 2.24) is 15.2 Å². The molecular formula is C17H22FN5. The quantitative estimate of drug-likeness (QED) is 0.916. The van der Waals surface area contributed by atoms with Gasteiger partial charge >= 0.3 is 0 Å². The Morgan fingerprint density at radius 3 is 3.00 bits per heavy atom. The van der Waals surface area contributed by atoms with E-state index in [-0.39, 0.29) is 5.82 Å². The number of anilines is 2. The van der Waals surface area contributed by atoms with Crippen molar-refractivity contribution in [2.45, 2.75) is 45.2 Å². The second-order valence-corrected chi connectivity index (χ2v) is 5.83. The first-order valence-corrected chi connectivity index (χ1v) is 8.21. The van der Waals surface area contributed by atoms with Crippen LogP contribution in [0.4, 0.5) is 16.2 Å². The van der Waals surface area contributed by atoms with Crippen LogP contribution in [0.15, 0.2) is 30.5 Å². The van der Waals surface area contributed by atoms with E-state index in [2.05, 4.69) is 32.3 Å². The van der Waals surface area contributed by atoms with Gasteiger partial charge in [-0.25, -0.2) is 4.39 Å². The highest BCUT2D eigenvalue weighted by Crippen LogP contribution is 2.24. The van der Waals surface area contributed by atoms with E-state index in [0.717, 1.165) is 18.8 Å². The van der Waals surface area contributed by atoms with Gasteiger partial charge in [-0.1, -0.05) is 25.1 Å². The highest BCUT2D eigenvalue weighted by atomic mass is 19.1. The Labute approximate surface area is 136 Å². The number of nitrogens with zero attached hydrogens (tertiary/aromatic N) is 4. The summed E-state index contributed by atoms with van der Waals surface area (Å²) in [6.07, 6.45) is 6.45. The third-order valence-electron chi connectivity index (χ3n) is 4.33. The van der Waals surface area contributed by atoms with E-state index in [0.29, 0.717) is 24.1 Å². The van der Waals surface area contributed by atoms with Crippen LogP contribution in [-0.2, 0) is 6.54 Å². The van der Waals surface area contributed by atoms with Crippen LogP contribution in [0.25, 0.3) is 0 Å². The molecule has 0 aliphatic carbocycles. The third kappa shape index (κ3) is 3.75. The molecule has 1 saturated heterocycles. The minimum atomic E-state index is -0.230. The van der Waals surface area contributed by atoms with Gasteiger partial charge in [-0.3, -0.25) is 0 Å². The molecule has 122 valence electrons. The number of hydrogen-bond acceptors (Lipinski definition) is 5. The molecule has 1 unspecified atom stereocenters. The summed E-state index contributed by atoms with van der Waals surface area (Å²) in [7, 11) is 0. The summed E-state index contributed by atoms with van der Waals surface area (Å²) in [5, 5.41) is 11.1. The zero-order valence-electron chi connectivity index (χ0n) is 13.4. The molecule has 5 nitrogen and oxygen atoms in total. The summed E-state index contributed by atoms with van der Waals surface area (Å²) in [6.45, 7) is 3.55. The fourth-order valence-electron chi connectivity index (χ4n) is 3.05. The van der Waals surface area contributed by atoms with Crippen molar-refractivity contribution in [2.75, 3.05) is 16.8 Å². The number of hydrogen-bond donors (Lipinski definition) is 1. The lowest BCUT2D eigenvalue weighted by atomic mass is 10.0. The standard InChI is InChI=1S/C17H22FN5/c1-2-14-8-5-6-10-23(14)16-12-20-22-17(21-16)19-11-13-7-3-4-9-15(13)18/h3-4,7,9,12,14H,2,5-6,8,10-11H2,1H3,(H,19,21,22). The molecule has 3 rings (SSSR count). The summed E-state index contributed by atoms with van der Waals surface area (Å²) >= 11 is 0. The van der Waals surface area contributed by atoms with Gasteiger partial charge in [-0.05, 0) is 31.7 Å². The van der Waals surface area contributed by atoms with Crippen LogP contribution in [-0.4, -0.2) is 27.8 Å². The van der Waals surface area contributed by atoms with E-state index in [9.17, 15) is 4.39 Å². The highest BCUT2D eigenvalue weighted by molar-refractivity contribution is 5.42. The Bertz CT molecular complexity index is 648. The van der Waals surface area contributed by atoms with Crippen LogP contribution in [0.1, 0.15) is 38.2 Å². The van der Waals surface area contributed by atoms with Crippen molar-refractivity contribution in [3.8, 4) is 0 Å². The number of halogens is 1. The number of piperidine rings is 1. The van der Waals surface area contributed by atoms with E-state index in [4.69, 9.17) is 0 Å². The van der Waals surface area contributed by atoms with Gasteiger partial charge in [0.15, 0.2) is 5.82 Å². The van der Waals surface area contributed by atoms with Crippen molar-refractivity contribution in [3.05, 3.63) is 41.8 Å². The Kier molecular flexibility index (Phi) is 5.00. The molecule has 0 bridgehead atoms. The Morgan fingerprint density at radius 2 is 2.17 bits per heavy atom. The largest absolute Gasteiger partial charge is 0.352 e. The molecule has 0 amide bonds. The minimum absolute atomic E-state index is 0.230. The molecule has 1 fully saturated rings. The average molecular weight is 315 g/mol. The van der Waals surface area contributed by atoms with E-state index >= 15 is 0 Å². The first kappa shape index (κ1) is 15.6. The normalized spacial score (nSPS) is 18.0. The predicted octanol–water partition coefficient (Wildman–Crippen LogP) is 3.39. The van der Waals surface area contributed by atoms with Crippen LogP contribution >= 0.6 is 0 Å². The van der Waals surface area contributed by atoms with Crippen LogP contribution in [0.5, 0.6) is 0 Å². The first-order valence-electron chi connectivity index (χ1n) is 8.21. The van der Waals surface area contributed by atoms with E-state index in [1.54, 1.807) is 18.3 Å². The monoisotopic (exact) mass is 315 g/mol. The fraction of sp³-hybridized carbons (Fsp3) is 0.471. The molecule has 0 spiro atoms. The molecule has 1 aliphatic rings. The van der Waals surface area contributed by atoms with Crippen molar-refractivity contribution >= 4 is 11.8 Å². The molecule has 0 radical (unpaired) electrons. The first-order chi connectivity index (χ1) is 11.3. The lowest BCUT2D eigenvalue weighted by molar-refractivity contribution is 0.446. The molecule has 1 aliphatic heterocycles. The van der Waals surface area contributed by atoms with Crippen LogP contribution in [0, 0.1) is 5.82 Å². The molecule has 23 heavy (non-hydrogen) atoms. The smallest absolute Gasteiger partial charge is 0.244 e. The maximum Gasteiger partial charge on any atom is 0.244 e. The summed E-state index contributed by atoms with van der Waals surface area (Å²) in [4.78, 5) is 6.87. The number of benzene rings is 1. The number of rotatable bonds is 5. The number of nitrogens with one attached hydrogen (secondary N) is 1. The minimum Gasteiger partial charge on any atom is -0.352 e. The van der Waals surface area contributed by atoms with Gasteiger partial charge in [0.25, 0.3) is 0 Å². The average Bonchev–Trinajstić information content (AvgIpc) is 2.61. The fourth-order valence-corrected chi connectivity index (χ4v) is 3.05. The zero-order chi connectivity index (χ0) is 16.1. The molecule has 2 heterocycles. The molecule has 1 atom stereocenters. The molecule has 0 saturated carbocycles. The van der Waals surface area contributed by atoms with Crippen LogP contribution in [0.3, 0.4) is 0 Å². The van der Waals surface area contributed by atoms with Crippen LogP contribution < -0.4 is 10.2 Å².